The maximum Gasteiger partial charge on any atom is 0.270 e. The van der Waals surface area contributed by atoms with E-state index in [2.05, 4.69) is 22.9 Å². The maximum absolute atomic E-state index is 13.2. The number of thiophene rings is 1. The Bertz CT molecular complexity index is 1040. The van der Waals surface area contributed by atoms with Crippen LogP contribution in [0.4, 0.5) is 0 Å². The fourth-order valence-corrected chi connectivity index (χ4v) is 4.93. The molecule has 0 spiro atoms. The first-order valence-electron chi connectivity index (χ1n) is 9.84. The minimum Gasteiger partial charge on any atom is -0.497 e. The van der Waals surface area contributed by atoms with Gasteiger partial charge in [0.2, 0.25) is 0 Å². The number of nitrogens with zero attached hydrogens (tertiary/aromatic N) is 3. The van der Waals surface area contributed by atoms with Crippen molar-refractivity contribution in [3.05, 3.63) is 53.0 Å². The summed E-state index contributed by atoms with van der Waals surface area (Å²) >= 11 is 1.66. The molecule has 0 N–H and O–H groups in total. The van der Waals surface area contributed by atoms with Gasteiger partial charge >= 0.3 is 0 Å². The number of benzene rings is 1. The summed E-state index contributed by atoms with van der Waals surface area (Å²) in [6, 6.07) is 11.1. The van der Waals surface area contributed by atoms with E-state index in [1.165, 1.54) is 0 Å². The van der Waals surface area contributed by atoms with Gasteiger partial charge in [-0.15, -0.1) is 11.3 Å². The zero-order chi connectivity index (χ0) is 20.5. The highest BCUT2D eigenvalue weighted by molar-refractivity contribution is 7.16. The van der Waals surface area contributed by atoms with E-state index < -0.39 is 0 Å². The minimum absolute atomic E-state index is 0.00954. The Balaban J connectivity index is 1.48. The average Bonchev–Trinajstić information content (AvgIpc) is 3.33. The molecule has 6 nitrogen and oxygen atoms in total. The molecule has 2 aromatic heterocycles. The second-order valence-electron chi connectivity index (χ2n) is 7.28. The number of amides is 2. The average molecular weight is 412 g/mol. The molecular weight excluding hydrogens is 386 g/mol. The fourth-order valence-electron chi connectivity index (χ4n) is 3.97. The first-order valence-corrected chi connectivity index (χ1v) is 10.7. The summed E-state index contributed by atoms with van der Waals surface area (Å²) in [6.07, 6.45) is 0. The number of aromatic nitrogens is 1. The van der Waals surface area contributed by atoms with E-state index >= 15 is 0 Å². The van der Waals surface area contributed by atoms with Crippen molar-refractivity contribution < 1.29 is 14.3 Å². The number of hydrogen-bond acceptors (Lipinski definition) is 4. The van der Waals surface area contributed by atoms with Gasteiger partial charge in [-0.25, -0.2) is 0 Å². The van der Waals surface area contributed by atoms with Crippen LogP contribution in [0.25, 0.3) is 10.2 Å². The lowest BCUT2D eigenvalue weighted by molar-refractivity contribution is 0.0409. The number of piperazine rings is 1. The number of ether oxygens (including phenoxy) is 1. The smallest absolute Gasteiger partial charge is 0.270 e. The first kappa shape index (κ1) is 19.5. The lowest BCUT2D eigenvalue weighted by Crippen LogP contribution is -2.55. The third-order valence-corrected chi connectivity index (χ3v) is 6.50. The number of fused-ring (bicyclic) bond motifs is 1. The topological polar surface area (TPSA) is 54.8 Å². The largest absolute Gasteiger partial charge is 0.497 e. The van der Waals surface area contributed by atoms with Crippen molar-refractivity contribution >= 4 is 33.4 Å². The Kier molecular flexibility index (Phi) is 5.32. The SMILES string of the molecule is CCn1c(C(=O)N2CCN(C(=O)c3ccc(OC)cc3)C(C)C2)cc2ccsc21. The summed E-state index contributed by atoms with van der Waals surface area (Å²) in [4.78, 5) is 31.0. The molecule has 1 saturated heterocycles. The van der Waals surface area contributed by atoms with Crippen LogP contribution in [0.5, 0.6) is 5.75 Å². The van der Waals surface area contributed by atoms with Gasteiger partial charge in [0.25, 0.3) is 11.8 Å². The molecule has 1 aliphatic rings. The van der Waals surface area contributed by atoms with Gasteiger partial charge in [-0.05, 0) is 55.6 Å². The van der Waals surface area contributed by atoms with Crippen LogP contribution in [0.1, 0.15) is 34.7 Å². The first-order chi connectivity index (χ1) is 14.0. The molecule has 1 fully saturated rings. The predicted octanol–water partition coefficient (Wildman–Crippen LogP) is 3.72. The highest BCUT2D eigenvalue weighted by Gasteiger charge is 2.32. The van der Waals surface area contributed by atoms with Crippen LogP contribution in [0.3, 0.4) is 0 Å². The Morgan fingerprint density at radius 1 is 1.14 bits per heavy atom. The molecule has 2 amide bonds. The van der Waals surface area contributed by atoms with Crippen molar-refractivity contribution in [1.29, 1.82) is 0 Å². The molecule has 29 heavy (non-hydrogen) atoms. The number of rotatable bonds is 4. The van der Waals surface area contributed by atoms with Crippen LogP contribution in [-0.2, 0) is 6.54 Å². The monoisotopic (exact) mass is 411 g/mol. The van der Waals surface area contributed by atoms with E-state index in [0.29, 0.717) is 25.2 Å². The van der Waals surface area contributed by atoms with Crippen molar-refractivity contribution in [1.82, 2.24) is 14.4 Å². The quantitative estimate of drug-likeness (QED) is 0.658. The lowest BCUT2D eigenvalue weighted by Gasteiger charge is -2.40. The van der Waals surface area contributed by atoms with Gasteiger partial charge in [0.05, 0.1) is 7.11 Å². The lowest BCUT2D eigenvalue weighted by atomic mass is 10.1. The molecule has 152 valence electrons. The zero-order valence-electron chi connectivity index (χ0n) is 16.9. The molecule has 4 rings (SSSR count). The molecule has 1 aromatic carbocycles. The minimum atomic E-state index is -0.0477. The second-order valence-corrected chi connectivity index (χ2v) is 8.18. The molecule has 1 unspecified atom stereocenters. The summed E-state index contributed by atoms with van der Waals surface area (Å²) in [5.41, 5.74) is 1.37. The standard InChI is InChI=1S/C22H25N3O3S/c1-4-24-19(13-17-9-12-29-22(17)24)21(27)23-10-11-25(15(2)14-23)20(26)16-5-7-18(28-3)8-6-16/h5-9,12-13,15H,4,10-11,14H2,1-3H3. The predicted molar refractivity (Wildman–Crippen MR) is 115 cm³/mol. The van der Waals surface area contributed by atoms with Crippen molar-refractivity contribution in [2.45, 2.75) is 26.4 Å². The van der Waals surface area contributed by atoms with Gasteiger partial charge in [-0.2, -0.15) is 0 Å². The molecule has 0 saturated carbocycles. The third kappa shape index (κ3) is 3.51. The molecule has 7 heteroatoms. The van der Waals surface area contributed by atoms with Gasteiger partial charge in [0, 0.05) is 43.2 Å². The Hall–Kier alpha value is -2.80. The molecule has 0 radical (unpaired) electrons. The molecular formula is C22H25N3O3S. The summed E-state index contributed by atoms with van der Waals surface area (Å²) in [7, 11) is 1.60. The van der Waals surface area contributed by atoms with Crippen molar-refractivity contribution in [2.24, 2.45) is 0 Å². The fraction of sp³-hybridized carbons (Fsp3) is 0.364. The highest BCUT2D eigenvalue weighted by atomic mass is 32.1. The molecule has 3 heterocycles. The molecule has 1 aliphatic heterocycles. The van der Waals surface area contributed by atoms with Crippen molar-refractivity contribution in [3.8, 4) is 5.75 Å². The number of aryl methyl sites for hydroxylation is 1. The van der Waals surface area contributed by atoms with E-state index in [4.69, 9.17) is 4.74 Å². The number of hydrogen-bond donors (Lipinski definition) is 0. The maximum atomic E-state index is 13.2. The van der Waals surface area contributed by atoms with Crippen molar-refractivity contribution in [3.63, 3.8) is 0 Å². The van der Waals surface area contributed by atoms with Gasteiger partial charge < -0.3 is 19.1 Å². The van der Waals surface area contributed by atoms with Gasteiger partial charge in [0.1, 0.15) is 16.3 Å². The van der Waals surface area contributed by atoms with E-state index in [0.717, 1.165) is 28.2 Å². The van der Waals surface area contributed by atoms with Crippen LogP contribution in [0.15, 0.2) is 41.8 Å². The molecule has 1 atom stereocenters. The van der Waals surface area contributed by atoms with Crippen LogP contribution >= 0.6 is 11.3 Å². The normalized spacial score (nSPS) is 17.0. The van der Waals surface area contributed by atoms with Crippen LogP contribution < -0.4 is 4.74 Å². The third-order valence-electron chi connectivity index (χ3n) is 5.55. The number of methoxy groups -OCH3 is 1. The van der Waals surface area contributed by atoms with Crippen LogP contribution in [0, 0.1) is 0 Å². The summed E-state index contributed by atoms with van der Waals surface area (Å²) in [6.45, 7) is 6.41. The highest BCUT2D eigenvalue weighted by Crippen LogP contribution is 2.27. The summed E-state index contributed by atoms with van der Waals surface area (Å²) in [5.74, 6) is 0.757. The Morgan fingerprint density at radius 2 is 1.90 bits per heavy atom. The molecule has 3 aromatic rings. The van der Waals surface area contributed by atoms with Gasteiger partial charge in [-0.3, -0.25) is 9.59 Å². The zero-order valence-corrected chi connectivity index (χ0v) is 17.7. The Labute approximate surface area is 174 Å². The van der Waals surface area contributed by atoms with E-state index in [9.17, 15) is 9.59 Å². The van der Waals surface area contributed by atoms with Crippen LogP contribution in [-0.4, -0.2) is 59.0 Å². The summed E-state index contributed by atoms with van der Waals surface area (Å²) in [5, 5.41) is 3.16. The van der Waals surface area contributed by atoms with Gasteiger partial charge in [-0.1, -0.05) is 0 Å². The van der Waals surface area contributed by atoms with Gasteiger partial charge in [0.15, 0.2) is 0 Å². The van der Waals surface area contributed by atoms with Crippen LogP contribution in [0.2, 0.25) is 0 Å². The van der Waals surface area contributed by atoms with E-state index in [1.807, 2.05) is 22.8 Å². The summed E-state index contributed by atoms with van der Waals surface area (Å²) < 4.78 is 7.25. The number of carbonyl (C=O) groups excluding carboxylic acids is 2. The number of carbonyl (C=O) groups is 2. The molecule has 0 bridgehead atoms. The molecule has 0 aliphatic carbocycles. The van der Waals surface area contributed by atoms with Crippen molar-refractivity contribution in [2.75, 3.05) is 26.7 Å². The van der Waals surface area contributed by atoms with E-state index in [-0.39, 0.29) is 17.9 Å². The second kappa shape index (κ2) is 7.91. The van der Waals surface area contributed by atoms with E-state index in [1.54, 1.807) is 42.7 Å². The Morgan fingerprint density at radius 3 is 2.55 bits per heavy atom.